The Morgan fingerprint density at radius 3 is 1.63 bits per heavy atom. The summed E-state index contributed by atoms with van der Waals surface area (Å²) in [6.07, 6.45) is 5.62. The maximum absolute atomic E-state index is 11.8. The molecule has 220 valence electrons. The third-order valence-electron chi connectivity index (χ3n) is 6.79. The average Bonchev–Trinajstić information content (AvgIpc) is 2.80. The molecule has 0 spiro atoms. The van der Waals surface area contributed by atoms with E-state index >= 15 is 0 Å². The van der Waals surface area contributed by atoms with Gasteiger partial charge in [0.05, 0.1) is 13.2 Å². The van der Waals surface area contributed by atoms with E-state index in [0.29, 0.717) is 43.6 Å². The zero-order valence-electron chi connectivity index (χ0n) is 25.2. The van der Waals surface area contributed by atoms with Gasteiger partial charge in [-0.15, -0.1) is 0 Å². The van der Waals surface area contributed by atoms with E-state index in [1.165, 1.54) is 0 Å². The molecular weight excluding hydrogens is 533 g/mol. The molecule has 7 nitrogen and oxygen atoms in total. The number of ether oxygens (including phenoxy) is 2. The fraction of sp³-hybridized carbons (Fsp3) is 0.750. The van der Waals surface area contributed by atoms with Gasteiger partial charge in [-0.25, -0.2) is 9.59 Å². The Hall–Kier alpha value is -1.50. The normalized spacial score (nSPS) is 13.4. The van der Waals surface area contributed by atoms with Gasteiger partial charge in [0.25, 0.3) is 0 Å². The zero-order chi connectivity index (χ0) is 29.4. The number of carbonyl (C=O) groups excluding carboxylic acids is 2. The molecule has 0 amide bonds. The highest BCUT2D eigenvalue weighted by molar-refractivity contribution is 6.96. The van der Waals surface area contributed by atoms with Crippen LogP contribution in [0.1, 0.15) is 65.2 Å². The quantitative estimate of drug-likeness (QED) is 0.0608. The number of carbonyl (C=O) groups is 3. The van der Waals surface area contributed by atoms with Crippen molar-refractivity contribution in [3.8, 4) is 0 Å². The molecule has 0 aromatic carbocycles. The molecule has 0 heterocycles. The van der Waals surface area contributed by atoms with Crippen LogP contribution in [0, 0.1) is 0 Å². The third-order valence-corrected chi connectivity index (χ3v) is 22.5. The first-order valence-corrected chi connectivity index (χ1v) is 23.5. The topological polar surface area (TPSA) is 99.1 Å². The first kappa shape index (κ1) is 36.5. The molecule has 0 saturated heterocycles. The zero-order valence-corrected chi connectivity index (χ0v) is 28.2. The van der Waals surface area contributed by atoms with Crippen molar-refractivity contribution in [3.63, 3.8) is 0 Å². The van der Waals surface area contributed by atoms with Gasteiger partial charge in [0.1, 0.15) is 0 Å². The van der Waals surface area contributed by atoms with Crippen molar-refractivity contribution in [1.82, 2.24) is 0 Å². The predicted molar refractivity (Wildman–Crippen MR) is 163 cm³/mol. The molecule has 1 atom stereocenters. The number of carboxylic acid groups (broad SMARTS) is 1. The summed E-state index contributed by atoms with van der Waals surface area (Å²) in [6.45, 7) is 23.7. The largest absolute Gasteiger partial charge is 0.481 e. The van der Waals surface area contributed by atoms with Gasteiger partial charge in [-0.1, -0.05) is 59.0 Å². The fourth-order valence-electron chi connectivity index (χ4n) is 4.79. The summed E-state index contributed by atoms with van der Waals surface area (Å²) in [5.74, 6) is -1.36. The molecule has 0 bridgehead atoms. The molecule has 0 saturated carbocycles. The summed E-state index contributed by atoms with van der Waals surface area (Å²) < 4.78 is 17.7. The molecule has 0 aliphatic carbocycles. The van der Waals surface area contributed by atoms with Gasteiger partial charge in [-0.05, 0) is 69.5 Å². The highest BCUT2D eigenvalue weighted by Gasteiger charge is 2.41. The van der Waals surface area contributed by atoms with Crippen LogP contribution in [0.3, 0.4) is 0 Å². The molecule has 10 heteroatoms. The standard InChI is InChI=1S/C28H54O7Si3/c1-10-24(3)27(31)33-18-12-14-20-36(5,6)23-38(9,22-16-17-26(29)30)35-37(7,8)21-15-13-19-34-28(32)25(4)11-2/h3-4,10-23H2,1-2,5-9H3,(H,29,30). The second-order valence-corrected chi connectivity index (χ2v) is 26.5. The second kappa shape index (κ2) is 18.0. The lowest BCUT2D eigenvalue weighted by atomic mass is 10.2. The minimum absolute atomic E-state index is 0.179. The lowest BCUT2D eigenvalue weighted by Gasteiger charge is -2.41. The first-order chi connectivity index (χ1) is 17.6. The van der Waals surface area contributed by atoms with Crippen molar-refractivity contribution in [2.24, 2.45) is 0 Å². The SMILES string of the molecule is C=C(CC)C(=O)OCCCC[Si](C)(C)C[Si](C)(CCCC(=O)O)O[Si](C)(C)CCCCOC(=O)C(=C)CC. The summed E-state index contributed by atoms with van der Waals surface area (Å²) in [5.41, 5.74) is 2.11. The number of carboxylic acids is 1. The molecule has 0 rings (SSSR count). The van der Waals surface area contributed by atoms with E-state index in [1.807, 2.05) is 13.8 Å². The van der Waals surface area contributed by atoms with Gasteiger partial charge < -0.3 is 18.7 Å². The van der Waals surface area contributed by atoms with Crippen LogP contribution >= 0.6 is 0 Å². The molecule has 1 unspecified atom stereocenters. The van der Waals surface area contributed by atoms with Crippen LogP contribution in [-0.4, -0.2) is 60.9 Å². The van der Waals surface area contributed by atoms with Crippen molar-refractivity contribution < 1.29 is 33.1 Å². The Morgan fingerprint density at radius 2 is 1.18 bits per heavy atom. The number of rotatable bonds is 22. The molecule has 1 N–H and O–H groups in total. The van der Waals surface area contributed by atoms with Crippen LogP contribution in [-0.2, 0) is 28.0 Å². The minimum atomic E-state index is -2.13. The summed E-state index contributed by atoms with van der Waals surface area (Å²) in [7, 11) is -5.72. The Bertz CT molecular complexity index is 741. The second-order valence-electron chi connectivity index (χ2n) is 12.0. The molecule has 0 aromatic rings. The van der Waals surface area contributed by atoms with E-state index in [2.05, 4.69) is 45.9 Å². The number of hydrogen-bond donors (Lipinski definition) is 1. The van der Waals surface area contributed by atoms with Crippen LogP contribution in [0.5, 0.6) is 0 Å². The molecule has 0 radical (unpaired) electrons. The van der Waals surface area contributed by atoms with Crippen molar-refractivity contribution >= 4 is 42.6 Å². The van der Waals surface area contributed by atoms with Crippen LogP contribution in [0.15, 0.2) is 24.3 Å². The van der Waals surface area contributed by atoms with Crippen LogP contribution in [0.4, 0.5) is 0 Å². The van der Waals surface area contributed by atoms with Gasteiger partial charge in [0.2, 0.25) is 0 Å². The summed E-state index contributed by atoms with van der Waals surface area (Å²) in [4.78, 5) is 34.8. The molecule has 0 aliphatic rings. The van der Waals surface area contributed by atoms with Gasteiger partial charge in [-0.3, -0.25) is 4.79 Å². The van der Waals surface area contributed by atoms with Crippen molar-refractivity contribution in [2.75, 3.05) is 13.2 Å². The molecule has 0 aliphatic heterocycles. The molecule has 38 heavy (non-hydrogen) atoms. The maximum atomic E-state index is 11.8. The Labute approximate surface area is 234 Å². The summed E-state index contributed by atoms with van der Waals surface area (Å²) in [5, 5.41) is 9.20. The van der Waals surface area contributed by atoms with Crippen LogP contribution in [0.25, 0.3) is 0 Å². The maximum Gasteiger partial charge on any atom is 0.333 e. The van der Waals surface area contributed by atoms with Crippen molar-refractivity contribution in [3.05, 3.63) is 24.3 Å². The van der Waals surface area contributed by atoms with E-state index < -0.39 is 30.7 Å². The lowest BCUT2D eigenvalue weighted by Crippen LogP contribution is -2.51. The predicted octanol–water partition coefficient (Wildman–Crippen LogP) is 7.48. The number of unbranched alkanes of at least 4 members (excludes halogenated alkanes) is 2. The summed E-state index contributed by atoms with van der Waals surface area (Å²) in [6, 6.07) is 2.97. The average molecular weight is 587 g/mol. The molecule has 0 aromatic heterocycles. The minimum Gasteiger partial charge on any atom is -0.481 e. The number of esters is 2. The number of aliphatic carboxylic acids is 1. The van der Waals surface area contributed by atoms with Gasteiger partial charge >= 0.3 is 17.9 Å². The van der Waals surface area contributed by atoms with Gasteiger partial charge in [-0.2, -0.15) is 0 Å². The monoisotopic (exact) mass is 586 g/mol. The van der Waals surface area contributed by atoms with Crippen LogP contribution in [0.2, 0.25) is 56.5 Å². The Kier molecular flexibility index (Phi) is 17.3. The molecular formula is C28H54O7Si3. The Morgan fingerprint density at radius 1 is 0.711 bits per heavy atom. The van der Waals surface area contributed by atoms with Crippen molar-refractivity contribution in [1.29, 1.82) is 0 Å². The highest BCUT2D eigenvalue weighted by atomic mass is 28.4. The van der Waals surface area contributed by atoms with E-state index in [1.54, 1.807) is 0 Å². The third kappa shape index (κ3) is 17.2. The van der Waals surface area contributed by atoms with Crippen LogP contribution < -0.4 is 0 Å². The summed E-state index contributed by atoms with van der Waals surface area (Å²) >= 11 is 0. The van der Waals surface area contributed by atoms with E-state index in [-0.39, 0.29) is 18.4 Å². The van der Waals surface area contributed by atoms with E-state index in [0.717, 1.165) is 49.5 Å². The molecule has 0 fully saturated rings. The lowest BCUT2D eigenvalue weighted by molar-refractivity contribution is -0.140. The van der Waals surface area contributed by atoms with Crippen molar-refractivity contribution in [2.45, 2.75) is 122 Å². The first-order valence-electron chi connectivity index (χ1n) is 14.2. The highest BCUT2D eigenvalue weighted by Crippen LogP contribution is 2.33. The van der Waals surface area contributed by atoms with E-state index in [4.69, 9.17) is 13.6 Å². The van der Waals surface area contributed by atoms with Gasteiger partial charge in [0.15, 0.2) is 16.6 Å². The smallest absolute Gasteiger partial charge is 0.333 e. The fourth-order valence-corrected chi connectivity index (χ4v) is 24.6. The Balaban J connectivity index is 4.93. The van der Waals surface area contributed by atoms with Gasteiger partial charge in [0, 0.05) is 25.6 Å². The van der Waals surface area contributed by atoms with E-state index in [9.17, 15) is 19.5 Å². The number of hydrogen-bond acceptors (Lipinski definition) is 6.